The van der Waals surface area contributed by atoms with Crippen molar-refractivity contribution >= 4 is 28.9 Å². The molecule has 0 aliphatic heterocycles. The summed E-state index contributed by atoms with van der Waals surface area (Å²) in [5.74, 6) is -0.288. The molecule has 1 heterocycles. The van der Waals surface area contributed by atoms with Gasteiger partial charge in [0.2, 0.25) is 0 Å². The fourth-order valence-electron chi connectivity index (χ4n) is 1.50. The summed E-state index contributed by atoms with van der Waals surface area (Å²) in [6.07, 6.45) is 0.804. The summed E-state index contributed by atoms with van der Waals surface area (Å²) in [7, 11) is 1.39. The number of carbonyl (C=O) groups is 1. The maximum Gasteiger partial charge on any atom is 0.338 e. The van der Waals surface area contributed by atoms with Gasteiger partial charge in [-0.1, -0.05) is 23.7 Å². The van der Waals surface area contributed by atoms with Crippen molar-refractivity contribution in [1.82, 2.24) is 0 Å². The van der Waals surface area contributed by atoms with Crippen molar-refractivity contribution in [3.8, 4) is 0 Å². The molecule has 0 amide bonds. The van der Waals surface area contributed by atoms with Gasteiger partial charge in [0.25, 0.3) is 0 Å². The minimum absolute atomic E-state index is 0.288. The summed E-state index contributed by atoms with van der Waals surface area (Å²) in [6.45, 7) is 0. The molecule has 0 bridgehead atoms. The lowest BCUT2D eigenvalue weighted by Gasteiger charge is -1.98. The van der Waals surface area contributed by atoms with E-state index >= 15 is 0 Å². The van der Waals surface area contributed by atoms with Crippen LogP contribution in [0.1, 0.15) is 20.8 Å². The number of rotatable bonds is 3. The highest BCUT2D eigenvalue weighted by atomic mass is 35.5. The minimum Gasteiger partial charge on any atom is -0.465 e. The third kappa shape index (κ3) is 3.08. The Morgan fingerprint density at radius 1 is 1.35 bits per heavy atom. The Morgan fingerprint density at radius 2 is 2.06 bits per heavy atom. The van der Waals surface area contributed by atoms with Gasteiger partial charge in [-0.2, -0.15) is 0 Å². The van der Waals surface area contributed by atoms with Gasteiger partial charge in [-0.15, -0.1) is 11.3 Å². The molecule has 0 N–H and O–H groups in total. The second-order valence-electron chi connectivity index (χ2n) is 3.60. The molecule has 0 atom stereocenters. The summed E-state index contributed by atoms with van der Waals surface area (Å²) < 4.78 is 4.67. The Labute approximate surface area is 109 Å². The predicted molar refractivity (Wildman–Crippen MR) is 69.9 cm³/mol. The van der Waals surface area contributed by atoms with Crippen LogP contribution in [0.25, 0.3) is 0 Å². The monoisotopic (exact) mass is 266 g/mol. The topological polar surface area (TPSA) is 26.3 Å². The molecule has 1 aromatic heterocycles. The summed E-state index contributed by atoms with van der Waals surface area (Å²) in [4.78, 5) is 12.4. The van der Waals surface area contributed by atoms with E-state index in [0.29, 0.717) is 5.56 Å². The highest BCUT2D eigenvalue weighted by molar-refractivity contribution is 7.10. The van der Waals surface area contributed by atoms with Crippen LogP contribution < -0.4 is 0 Å². The van der Waals surface area contributed by atoms with E-state index in [9.17, 15) is 4.79 Å². The zero-order valence-electron chi connectivity index (χ0n) is 9.27. The van der Waals surface area contributed by atoms with Crippen LogP contribution in [-0.2, 0) is 11.2 Å². The van der Waals surface area contributed by atoms with Crippen molar-refractivity contribution in [1.29, 1.82) is 0 Å². The fraction of sp³-hybridized carbons (Fsp3) is 0.154. The average Bonchev–Trinajstić information content (AvgIpc) is 2.80. The first-order valence-corrected chi connectivity index (χ1v) is 6.35. The molecule has 88 valence electrons. The molecule has 17 heavy (non-hydrogen) atoms. The number of methoxy groups -OCH3 is 1. The van der Waals surface area contributed by atoms with Gasteiger partial charge < -0.3 is 4.74 Å². The number of carbonyl (C=O) groups excluding carboxylic acids is 1. The molecule has 0 aliphatic rings. The van der Waals surface area contributed by atoms with Crippen LogP contribution in [0.5, 0.6) is 0 Å². The van der Waals surface area contributed by atoms with Crippen LogP contribution in [0, 0.1) is 0 Å². The molecule has 2 aromatic rings. The van der Waals surface area contributed by atoms with Crippen LogP contribution in [0.4, 0.5) is 0 Å². The third-order valence-electron chi connectivity index (χ3n) is 2.37. The zero-order valence-corrected chi connectivity index (χ0v) is 10.8. The van der Waals surface area contributed by atoms with E-state index in [-0.39, 0.29) is 5.97 Å². The van der Waals surface area contributed by atoms with E-state index in [2.05, 4.69) is 4.74 Å². The van der Waals surface area contributed by atoms with Gasteiger partial charge in [0.15, 0.2) is 0 Å². The molecule has 0 saturated heterocycles. The molecule has 0 spiro atoms. The van der Waals surface area contributed by atoms with Crippen LogP contribution in [0.3, 0.4) is 0 Å². The normalized spacial score (nSPS) is 10.2. The van der Waals surface area contributed by atoms with Crippen LogP contribution in [-0.4, -0.2) is 13.1 Å². The lowest BCUT2D eigenvalue weighted by Crippen LogP contribution is -1.98. The quantitative estimate of drug-likeness (QED) is 0.791. The first kappa shape index (κ1) is 12.1. The maximum atomic E-state index is 11.3. The van der Waals surface area contributed by atoms with Gasteiger partial charge in [-0.25, -0.2) is 4.79 Å². The SMILES string of the molecule is COC(=O)c1csc(Cc2ccc(Cl)cc2)c1. The van der Waals surface area contributed by atoms with Crippen molar-refractivity contribution in [2.45, 2.75) is 6.42 Å². The van der Waals surface area contributed by atoms with Crippen molar-refractivity contribution in [3.05, 3.63) is 56.7 Å². The Morgan fingerprint density at radius 3 is 2.71 bits per heavy atom. The molecule has 0 unspecified atom stereocenters. The van der Waals surface area contributed by atoms with E-state index in [0.717, 1.165) is 16.3 Å². The van der Waals surface area contributed by atoms with Crippen molar-refractivity contribution < 1.29 is 9.53 Å². The summed E-state index contributed by atoms with van der Waals surface area (Å²) in [5.41, 5.74) is 1.79. The number of esters is 1. The third-order valence-corrected chi connectivity index (χ3v) is 3.56. The summed E-state index contributed by atoms with van der Waals surface area (Å²) in [6, 6.07) is 9.57. The molecule has 2 rings (SSSR count). The molecule has 4 heteroatoms. The van der Waals surface area contributed by atoms with Gasteiger partial charge in [0.1, 0.15) is 0 Å². The van der Waals surface area contributed by atoms with Crippen molar-refractivity contribution in [3.63, 3.8) is 0 Å². The van der Waals surface area contributed by atoms with Crippen molar-refractivity contribution in [2.24, 2.45) is 0 Å². The molecular weight excluding hydrogens is 256 g/mol. The summed E-state index contributed by atoms with van der Waals surface area (Å²) in [5, 5.41) is 2.55. The fourth-order valence-corrected chi connectivity index (χ4v) is 2.52. The molecule has 0 aliphatic carbocycles. The van der Waals surface area contributed by atoms with Gasteiger partial charge in [-0.3, -0.25) is 0 Å². The highest BCUT2D eigenvalue weighted by Crippen LogP contribution is 2.20. The summed E-state index contributed by atoms with van der Waals surface area (Å²) >= 11 is 7.38. The van der Waals surface area contributed by atoms with Gasteiger partial charge in [0, 0.05) is 21.7 Å². The highest BCUT2D eigenvalue weighted by Gasteiger charge is 2.08. The second-order valence-corrected chi connectivity index (χ2v) is 5.03. The lowest BCUT2D eigenvalue weighted by atomic mass is 10.1. The van der Waals surface area contributed by atoms with E-state index in [1.165, 1.54) is 12.7 Å². The largest absolute Gasteiger partial charge is 0.465 e. The molecule has 0 fully saturated rings. The Kier molecular flexibility index (Phi) is 3.82. The molecule has 0 radical (unpaired) electrons. The predicted octanol–water partition coefficient (Wildman–Crippen LogP) is 3.78. The van der Waals surface area contributed by atoms with Crippen LogP contribution in [0.15, 0.2) is 35.7 Å². The first-order chi connectivity index (χ1) is 8.19. The van der Waals surface area contributed by atoms with Crippen LogP contribution in [0.2, 0.25) is 5.02 Å². The Balaban J connectivity index is 2.11. The number of benzene rings is 1. The van der Waals surface area contributed by atoms with E-state index < -0.39 is 0 Å². The Hall–Kier alpha value is -1.32. The lowest BCUT2D eigenvalue weighted by molar-refractivity contribution is 0.0601. The standard InChI is InChI=1S/C13H11ClO2S/c1-16-13(15)10-7-12(17-8-10)6-9-2-4-11(14)5-3-9/h2-5,7-8H,6H2,1H3. The van der Waals surface area contributed by atoms with E-state index in [1.54, 1.807) is 11.3 Å². The number of thiophene rings is 1. The van der Waals surface area contributed by atoms with E-state index in [4.69, 9.17) is 11.6 Å². The second kappa shape index (κ2) is 5.34. The first-order valence-electron chi connectivity index (χ1n) is 5.09. The number of hydrogen-bond donors (Lipinski definition) is 0. The molecule has 0 saturated carbocycles. The molecular formula is C13H11ClO2S. The van der Waals surface area contributed by atoms with E-state index in [1.807, 2.05) is 35.7 Å². The van der Waals surface area contributed by atoms with Gasteiger partial charge in [-0.05, 0) is 23.8 Å². The molecule has 1 aromatic carbocycles. The smallest absolute Gasteiger partial charge is 0.338 e. The van der Waals surface area contributed by atoms with Crippen molar-refractivity contribution in [2.75, 3.05) is 7.11 Å². The van der Waals surface area contributed by atoms with Crippen LogP contribution >= 0.6 is 22.9 Å². The van der Waals surface area contributed by atoms with Gasteiger partial charge >= 0.3 is 5.97 Å². The zero-order chi connectivity index (χ0) is 12.3. The molecule has 2 nitrogen and oxygen atoms in total. The average molecular weight is 267 g/mol. The minimum atomic E-state index is -0.288. The number of hydrogen-bond acceptors (Lipinski definition) is 3. The van der Waals surface area contributed by atoms with Gasteiger partial charge in [0.05, 0.1) is 12.7 Å². The maximum absolute atomic E-state index is 11.3. The Bertz CT molecular complexity index is 516. The number of halogens is 1. The number of ether oxygens (including phenoxy) is 1.